The molecule has 0 radical (unpaired) electrons. The zero-order valence-electron chi connectivity index (χ0n) is 18.6. The summed E-state index contributed by atoms with van der Waals surface area (Å²) in [6.07, 6.45) is 5.99. The highest BCUT2D eigenvalue weighted by atomic mass is 32.1. The fraction of sp³-hybridized carbons (Fsp3) is 0.154. The van der Waals surface area contributed by atoms with Crippen LogP contribution in [-0.2, 0) is 13.5 Å². The number of benzene rings is 2. The van der Waals surface area contributed by atoms with E-state index in [0.29, 0.717) is 20.4 Å². The fourth-order valence-corrected chi connectivity index (χ4v) is 4.73. The molecular formula is C26H22N4O2S. The largest absolute Gasteiger partial charge is 0.288 e. The van der Waals surface area contributed by atoms with Gasteiger partial charge in [-0.1, -0.05) is 43.3 Å². The van der Waals surface area contributed by atoms with Crippen molar-refractivity contribution in [3.05, 3.63) is 103 Å². The number of nitriles is 1. The van der Waals surface area contributed by atoms with E-state index in [4.69, 9.17) is 0 Å². The van der Waals surface area contributed by atoms with Gasteiger partial charge in [-0.05, 0) is 42.7 Å². The zero-order valence-corrected chi connectivity index (χ0v) is 19.4. The Morgan fingerprint density at radius 2 is 2.00 bits per heavy atom. The first-order valence-corrected chi connectivity index (χ1v) is 11.3. The SMILES string of the molecule is CCc1cccc(-n2c(=O)/c(=C/c3cnn(C)c3)s/c2=C(/C#N)C(=O)c2ccccc2C)c1. The molecule has 4 rings (SSSR count). The maximum atomic E-state index is 13.5. The number of rotatable bonds is 5. The predicted molar refractivity (Wildman–Crippen MR) is 130 cm³/mol. The van der Waals surface area contributed by atoms with Gasteiger partial charge in [0.25, 0.3) is 5.56 Å². The summed E-state index contributed by atoms with van der Waals surface area (Å²) in [5, 5.41) is 14.2. The number of hydrogen-bond acceptors (Lipinski definition) is 5. The summed E-state index contributed by atoms with van der Waals surface area (Å²) in [5.74, 6) is -0.398. The number of aryl methyl sites for hydroxylation is 3. The van der Waals surface area contributed by atoms with E-state index in [1.54, 1.807) is 42.3 Å². The molecule has 0 bridgehead atoms. The van der Waals surface area contributed by atoms with Crippen LogP contribution in [0.4, 0.5) is 0 Å². The van der Waals surface area contributed by atoms with Gasteiger partial charge in [0, 0.05) is 24.4 Å². The van der Waals surface area contributed by atoms with Crippen LogP contribution in [0.2, 0.25) is 0 Å². The summed E-state index contributed by atoms with van der Waals surface area (Å²) in [6.45, 7) is 3.86. The number of ketones is 1. The van der Waals surface area contributed by atoms with E-state index < -0.39 is 5.78 Å². The van der Waals surface area contributed by atoms with Gasteiger partial charge in [-0.3, -0.25) is 18.8 Å². The summed E-state index contributed by atoms with van der Waals surface area (Å²) in [4.78, 5) is 26.9. The Morgan fingerprint density at radius 3 is 2.67 bits per heavy atom. The normalized spacial score (nSPS) is 12.5. The van der Waals surface area contributed by atoms with Crippen molar-refractivity contribution in [2.45, 2.75) is 20.3 Å². The van der Waals surface area contributed by atoms with Crippen molar-refractivity contribution in [1.82, 2.24) is 14.3 Å². The van der Waals surface area contributed by atoms with Crippen molar-refractivity contribution in [1.29, 1.82) is 5.26 Å². The molecule has 0 aliphatic heterocycles. The summed E-state index contributed by atoms with van der Waals surface area (Å²) in [7, 11) is 1.80. The van der Waals surface area contributed by atoms with Gasteiger partial charge in [-0.2, -0.15) is 10.4 Å². The molecule has 0 aliphatic rings. The molecule has 2 aromatic carbocycles. The maximum Gasteiger partial charge on any atom is 0.273 e. The van der Waals surface area contributed by atoms with Crippen LogP contribution < -0.4 is 14.8 Å². The maximum absolute atomic E-state index is 13.5. The second-order valence-electron chi connectivity index (χ2n) is 7.66. The monoisotopic (exact) mass is 454 g/mol. The van der Waals surface area contributed by atoms with E-state index in [1.807, 2.05) is 50.2 Å². The average Bonchev–Trinajstić information content (AvgIpc) is 3.37. The molecule has 0 unspecified atom stereocenters. The van der Waals surface area contributed by atoms with Crippen molar-refractivity contribution in [2.24, 2.45) is 7.05 Å². The zero-order chi connectivity index (χ0) is 23.5. The number of hydrogen-bond donors (Lipinski definition) is 0. The lowest BCUT2D eigenvalue weighted by molar-refractivity contribution is 0.105. The van der Waals surface area contributed by atoms with Crippen molar-refractivity contribution in [3.8, 4) is 11.8 Å². The van der Waals surface area contributed by atoms with Crippen LogP contribution in [0, 0.1) is 18.3 Å². The first kappa shape index (κ1) is 22.2. The Bertz CT molecular complexity index is 1580. The molecule has 6 nitrogen and oxygen atoms in total. The van der Waals surface area contributed by atoms with Crippen LogP contribution in [0.15, 0.2) is 65.7 Å². The number of carbonyl (C=O) groups excluding carboxylic acids is 1. The predicted octanol–water partition coefficient (Wildman–Crippen LogP) is 2.89. The molecule has 4 aromatic rings. The van der Waals surface area contributed by atoms with E-state index in [2.05, 4.69) is 11.2 Å². The molecule has 0 saturated heterocycles. The molecule has 164 valence electrons. The minimum atomic E-state index is -0.398. The van der Waals surface area contributed by atoms with Gasteiger partial charge in [0.05, 0.1) is 16.4 Å². The summed E-state index contributed by atoms with van der Waals surface area (Å²) in [5.41, 5.74) is 3.33. The molecular weight excluding hydrogens is 432 g/mol. The Labute approximate surface area is 195 Å². The molecule has 33 heavy (non-hydrogen) atoms. The number of nitrogens with zero attached hydrogens (tertiary/aromatic N) is 4. The third-order valence-corrected chi connectivity index (χ3v) is 6.46. The number of carbonyl (C=O) groups is 1. The topological polar surface area (TPSA) is 80.7 Å². The average molecular weight is 455 g/mol. The van der Waals surface area contributed by atoms with Gasteiger partial charge in [0.2, 0.25) is 5.78 Å². The first-order valence-electron chi connectivity index (χ1n) is 10.5. The van der Waals surface area contributed by atoms with Crippen molar-refractivity contribution < 1.29 is 4.79 Å². The van der Waals surface area contributed by atoms with Gasteiger partial charge < -0.3 is 0 Å². The minimum absolute atomic E-state index is 0.0564. The lowest BCUT2D eigenvalue weighted by Crippen LogP contribution is -2.31. The lowest BCUT2D eigenvalue weighted by Gasteiger charge is -2.07. The molecule has 0 N–H and O–H groups in total. The third kappa shape index (κ3) is 4.34. The molecule has 0 saturated carbocycles. The number of thiazole rings is 1. The summed E-state index contributed by atoms with van der Waals surface area (Å²) in [6, 6.07) is 16.8. The van der Waals surface area contributed by atoms with E-state index in [-0.39, 0.29) is 11.1 Å². The minimum Gasteiger partial charge on any atom is -0.288 e. The first-order chi connectivity index (χ1) is 15.9. The van der Waals surface area contributed by atoms with Crippen LogP contribution in [-0.4, -0.2) is 20.1 Å². The molecule has 0 aliphatic carbocycles. The molecule has 0 spiro atoms. The second kappa shape index (κ2) is 9.23. The smallest absolute Gasteiger partial charge is 0.273 e. The van der Waals surface area contributed by atoms with Crippen LogP contribution in [0.5, 0.6) is 0 Å². The quantitative estimate of drug-likeness (QED) is 0.434. The van der Waals surface area contributed by atoms with Crippen LogP contribution in [0.1, 0.15) is 34.0 Å². The van der Waals surface area contributed by atoms with Crippen LogP contribution >= 0.6 is 11.3 Å². The van der Waals surface area contributed by atoms with E-state index in [9.17, 15) is 14.9 Å². The molecule has 0 atom stereocenters. The summed E-state index contributed by atoms with van der Waals surface area (Å²) >= 11 is 1.14. The highest BCUT2D eigenvalue weighted by Crippen LogP contribution is 2.14. The Balaban J connectivity index is 2.08. The van der Waals surface area contributed by atoms with Gasteiger partial charge in [0.15, 0.2) is 0 Å². The Hall–Kier alpha value is -4.02. The van der Waals surface area contributed by atoms with Crippen molar-refractivity contribution >= 4 is 28.8 Å². The Kier molecular flexibility index (Phi) is 6.20. The second-order valence-corrected chi connectivity index (χ2v) is 8.69. The van der Waals surface area contributed by atoms with Crippen LogP contribution in [0.3, 0.4) is 0 Å². The molecule has 2 aromatic heterocycles. The van der Waals surface area contributed by atoms with Crippen molar-refractivity contribution in [3.63, 3.8) is 0 Å². The highest BCUT2D eigenvalue weighted by Gasteiger charge is 2.19. The van der Waals surface area contributed by atoms with Gasteiger partial charge in [-0.15, -0.1) is 11.3 Å². The summed E-state index contributed by atoms with van der Waals surface area (Å²) < 4.78 is 3.86. The molecule has 0 amide bonds. The van der Waals surface area contributed by atoms with Gasteiger partial charge in [-0.25, -0.2) is 0 Å². The van der Waals surface area contributed by atoms with E-state index >= 15 is 0 Å². The molecule has 7 heteroatoms. The van der Waals surface area contributed by atoms with Crippen molar-refractivity contribution in [2.75, 3.05) is 0 Å². The van der Waals surface area contributed by atoms with E-state index in [0.717, 1.165) is 34.4 Å². The molecule has 2 heterocycles. The molecule has 0 fully saturated rings. The standard InChI is InChI=1S/C26H22N4O2S/c1-4-18-9-7-10-20(12-18)30-25(32)23(13-19-15-28-29(3)16-19)33-26(30)22(14-27)24(31)21-11-6-5-8-17(21)2/h5-13,15-16H,4H2,1-3H3/b23-13-,26-22-. The third-order valence-electron chi connectivity index (χ3n) is 5.37. The van der Waals surface area contributed by atoms with Gasteiger partial charge in [0.1, 0.15) is 16.3 Å². The number of Topliss-reactive ketones (excluding diaryl/α,β-unsaturated/α-hetero) is 1. The number of aromatic nitrogens is 3. The van der Waals surface area contributed by atoms with Gasteiger partial charge >= 0.3 is 0 Å². The lowest BCUT2D eigenvalue weighted by atomic mass is 10.0. The Morgan fingerprint density at radius 1 is 1.21 bits per heavy atom. The highest BCUT2D eigenvalue weighted by molar-refractivity contribution is 7.07. The van der Waals surface area contributed by atoms with E-state index in [1.165, 1.54) is 4.57 Å². The fourth-order valence-electron chi connectivity index (χ4n) is 3.62. The van der Waals surface area contributed by atoms with Crippen LogP contribution in [0.25, 0.3) is 17.3 Å².